The number of fused-ring (bicyclic) bond motifs is 4. The maximum Gasteiger partial charge on any atom is 2.00 e. The molecule has 0 N–H and O–H groups in total. The van der Waals surface area contributed by atoms with Crippen LogP contribution in [0.5, 0.6) is 0 Å². The first-order chi connectivity index (χ1) is 22.8. The third kappa shape index (κ3) is 5.13. The molecular weight excluding hydrogens is 762 g/mol. The molecule has 0 bridgehead atoms. The van der Waals surface area contributed by atoms with Gasteiger partial charge in [0.2, 0.25) is 0 Å². The SMILES string of the molecule is [Pt+2].[c-]1c(-c2ccccn2)cccc1-n1c2[c-]c(-c3nc4ccc(-c5ccccn5)cc4o3)ccc2c2cc(-c3ccccn3)ccc21. The molecule has 0 fully saturated rings. The van der Waals surface area contributed by atoms with Crippen molar-refractivity contribution in [1.82, 2.24) is 24.5 Å². The number of benzene rings is 4. The second-order valence-corrected chi connectivity index (χ2v) is 11.0. The van der Waals surface area contributed by atoms with Crippen molar-refractivity contribution in [3.63, 3.8) is 0 Å². The van der Waals surface area contributed by atoms with Gasteiger partial charge in [-0.25, -0.2) is 0 Å². The Morgan fingerprint density at radius 1 is 0.553 bits per heavy atom. The zero-order valence-electron chi connectivity index (χ0n) is 24.7. The molecule has 0 amide bonds. The van der Waals surface area contributed by atoms with Gasteiger partial charge >= 0.3 is 21.1 Å². The van der Waals surface area contributed by atoms with Gasteiger partial charge in [-0.3, -0.25) is 15.0 Å². The van der Waals surface area contributed by atoms with Crippen molar-refractivity contribution in [2.75, 3.05) is 0 Å². The van der Waals surface area contributed by atoms with Gasteiger partial charge in [0.25, 0.3) is 0 Å². The molecule has 5 aromatic heterocycles. The van der Waals surface area contributed by atoms with E-state index < -0.39 is 0 Å². The molecule has 9 aromatic rings. The first-order valence-electron chi connectivity index (χ1n) is 15.0. The first-order valence-corrected chi connectivity index (χ1v) is 15.0. The minimum absolute atomic E-state index is 0. The van der Waals surface area contributed by atoms with Crippen LogP contribution >= 0.6 is 0 Å². The molecule has 0 aliphatic heterocycles. The first kappa shape index (κ1) is 28.7. The van der Waals surface area contributed by atoms with Crippen LogP contribution in [0, 0.1) is 12.1 Å². The second kappa shape index (κ2) is 11.9. The van der Waals surface area contributed by atoms with Crippen molar-refractivity contribution in [2.45, 2.75) is 0 Å². The van der Waals surface area contributed by atoms with Gasteiger partial charge in [0.1, 0.15) is 11.5 Å². The largest absolute Gasteiger partial charge is 2.00 e. The third-order valence-electron chi connectivity index (χ3n) is 8.18. The van der Waals surface area contributed by atoms with Crippen LogP contribution in [0.2, 0.25) is 0 Å². The summed E-state index contributed by atoms with van der Waals surface area (Å²) in [4.78, 5) is 18.5. The Bertz CT molecular complexity index is 2530. The maximum atomic E-state index is 6.33. The fourth-order valence-corrected chi connectivity index (χ4v) is 6.00. The van der Waals surface area contributed by atoms with Gasteiger partial charge in [-0.1, -0.05) is 53.4 Å². The van der Waals surface area contributed by atoms with Crippen molar-refractivity contribution in [2.24, 2.45) is 0 Å². The minimum Gasteiger partial charge on any atom is -0.481 e. The zero-order valence-corrected chi connectivity index (χ0v) is 27.0. The monoisotopic (exact) mass is 784 g/mol. The third-order valence-corrected chi connectivity index (χ3v) is 8.18. The molecule has 0 unspecified atom stereocenters. The molecular formula is C40H23N5OPt. The van der Waals surface area contributed by atoms with Crippen LogP contribution in [0.1, 0.15) is 0 Å². The van der Waals surface area contributed by atoms with E-state index in [1.807, 2.05) is 97.2 Å². The summed E-state index contributed by atoms with van der Waals surface area (Å²) in [6, 6.07) is 47.8. The van der Waals surface area contributed by atoms with E-state index >= 15 is 0 Å². The Balaban J connectivity index is 0.00000324. The molecule has 0 radical (unpaired) electrons. The molecule has 7 heteroatoms. The number of pyridine rings is 3. The van der Waals surface area contributed by atoms with Crippen LogP contribution in [0.15, 0.2) is 144 Å². The summed E-state index contributed by atoms with van der Waals surface area (Å²) in [6.45, 7) is 0. The van der Waals surface area contributed by atoms with Gasteiger partial charge in [-0.15, -0.1) is 48.0 Å². The van der Waals surface area contributed by atoms with Gasteiger partial charge in [0.05, 0.1) is 16.9 Å². The molecule has 0 saturated heterocycles. The molecule has 0 aliphatic rings. The fraction of sp³-hybridized carbons (Fsp3) is 0. The molecule has 0 saturated carbocycles. The quantitative estimate of drug-likeness (QED) is 0.163. The minimum atomic E-state index is 0. The van der Waals surface area contributed by atoms with Crippen LogP contribution < -0.4 is 0 Å². The number of rotatable bonds is 5. The summed E-state index contributed by atoms with van der Waals surface area (Å²) in [5.74, 6) is 0.507. The fourth-order valence-electron chi connectivity index (χ4n) is 6.00. The van der Waals surface area contributed by atoms with E-state index in [2.05, 4.69) is 62.0 Å². The number of aromatic nitrogens is 5. The van der Waals surface area contributed by atoms with Crippen molar-refractivity contribution < 1.29 is 25.5 Å². The molecule has 9 rings (SSSR count). The van der Waals surface area contributed by atoms with Crippen LogP contribution in [0.4, 0.5) is 0 Å². The van der Waals surface area contributed by atoms with Gasteiger partial charge in [-0.2, -0.15) is 0 Å². The second-order valence-electron chi connectivity index (χ2n) is 11.0. The Labute approximate surface area is 284 Å². The predicted molar refractivity (Wildman–Crippen MR) is 181 cm³/mol. The van der Waals surface area contributed by atoms with Crippen molar-refractivity contribution in [1.29, 1.82) is 0 Å². The van der Waals surface area contributed by atoms with Gasteiger partial charge in [-0.05, 0) is 70.8 Å². The Hall–Kier alpha value is -5.71. The summed E-state index contributed by atoms with van der Waals surface area (Å²) < 4.78 is 8.53. The number of oxazole rings is 1. The van der Waals surface area contributed by atoms with E-state index in [0.717, 1.165) is 72.3 Å². The summed E-state index contributed by atoms with van der Waals surface area (Å²) in [7, 11) is 0. The molecule has 0 aliphatic carbocycles. The zero-order chi connectivity index (χ0) is 30.5. The molecule has 0 spiro atoms. The standard InChI is InChI=1S/C40H23N5O.Pt/c1-4-19-41-33(10-1)26-8-7-9-30(22-26)45-37-18-15-27(34-11-2-5-20-42-34)23-32(37)31-16-13-29(24-38(31)45)40-44-36-17-14-28(25-39(36)46-40)35-12-3-6-21-43-35;/h1-21,23,25H;/q-2;+2. The average molecular weight is 785 g/mol. The molecule has 4 aromatic carbocycles. The number of hydrogen-bond donors (Lipinski definition) is 0. The van der Waals surface area contributed by atoms with Crippen LogP contribution in [0.25, 0.3) is 83.8 Å². The van der Waals surface area contributed by atoms with E-state index in [9.17, 15) is 0 Å². The summed E-state index contributed by atoms with van der Waals surface area (Å²) >= 11 is 0. The van der Waals surface area contributed by atoms with E-state index in [1.54, 1.807) is 12.4 Å². The molecule has 5 heterocycles. The molecule has 0 atom stereocenters. The number of hydrogen-bond acceptors (Lipinski definition) is 5. The Morgan fingerprint density at radius 3 is 1.98 bits per heavy atom. The van der Waals surface area contributed by atoms with Gasteiger partial charge in [0, 0.05) is 35.2 Å². The van der Waals surface area contributed by atoms with Crippen LogP contribution in [0.3, 0.4) is 0 Å². The van der Waals surface area contributed by atoms with E-state index in [-0.39, 0.29) is 21.1 Å². The van der Waals surface area contributed by atoms with E-state index in [4.69, 9.17) is 9.40 Å². The summed E-state index contributed by atoms with van der Waals surface area (Å²) in [5.41, 5.74) is 10.7. The predicted octanol–water partition coefficient (Wildman–Crippen LogP) is 9.38. The normalized spacial score (nSPS) is 11.2. The van der Waals surface area contributed by atoms with Crippen LogP contribution in [-0.4, -0.2) is 24.5 Å². The maximum absolute atomic E-state index is 6.33. The number of nitrogens with zero attached hydrogens (tertiary/aromatic N) is 5. The Morgan fingerprint density at radius 2 is 1.26 bits per heavy atom. The Kier molecular flexibility index (Phi) is 7.28. The van der Waals surface area contributed by atoms with E-state index in [1.165, 1.54) is 0 Å². The van der Waals surface area contributed by atoms with Crippen molar-refractivity contribution >= 4 is 32.9 Å². The molecule has 224 valence electrons. The van der Waals surface area contributed by atoms with Gasteiger partial charge in [0.15, 0.2) is 0 Å². The average Bonchev–Trinajstić information content (AvgIpc) is 3.71. The smallest absolute Gasteiger partial charge is 0.481 e. The van der Waals surface area contributed by atoms with Gasteiger partial charge < -0.3 is 14.0 Å². The summed E-state index contributed by atoms with van der Waals surface area (Å²) in [5, 5.41) is 2.15. The van der Waals surface area contributed by atoms with Crippen molar-refractivity contribution in [3.8, 4) is 50.9 Å². The van der Waals surface area contributed by atoms with E-state index in [0.29, 0.717) is 11.5 Å². The van der Waals surface area contributed by atoms with Crippen LogP contribution in [-0.2, 0) is 21.1 Å². The molecule has 6 nitrogen and oxygen atoms in total. The van der Waals surface area contributed by atoms with Crippen molar-refractivity contribution in [3.05, 3.63) is 152 Å². The molecule has 47 heavy (non-hydrogen) atoms. The topological polar surface area (TPSA) is 69.6 Å². The summed E-state index contributed by atoms with van der Waals surface area (Å²) in [6.07, 6.45) is 5.41.